The summed E-state index contributed by atoms with van der Waals surface area (Å²) in [5, 5.41) is 0. The number of hydrogen-bond acceptors (Lipinski definition) is 4. The quantitative estimate of drug-likeness (QED) is 0.800. The first-order chi connectivity index (χ1) is 12.7. The van der Waals surface area contributed by atoms with Gasteiger partial charge in [-0.2, -0.15) is 0 Å². The monoisotopic (exact) mass is 354 g/mol. The molecule has 0 unspecified atom stereocenters. The summed E-state index contributed by atoms with van der Waals surface area (Å²) < 4.78 is 10.7. The van der Waals surface area contributed by atoms with E-state index in [9.17, 15) is 4.79 Å². The van der Waals surface area contributed by atoms with Crippen molar-refractivity contribution in [2.45, 2.75) is 13.1 Å². The molecule has 0 spiro atoms. The molecule has 0 atom stereocenters. The molecule has 26 heavy (non-hydrogen) atoms. The van der Waals surface area contributed by atoms with Crippen LogP contribution in [0.2, 0.25) is 0 Å². The number of para-hydroxylation sites is 1. The highest BCUT2D eigenvalue weighted by Crippen LogP contribution is 2.20. The number of morpholine rings is 1. The Balaban J connectivity index is 1.61. The lowest BCUT2D eigenvalue weighted by Crippen LogP contribution is -2.35. The molecular weight excluding hydrogens is 328 g/mol. The van der Waals surface area contributed by atoms with Crippen LogP contribution in [0.3, 0.4) is 0 Å². The van der Waals surface area contributed by atoms with Crippen LogP contribution >= 0.6 is 0 Å². The zero-order valence-electron chi connectivity index (χ0n) is 15.5. The lowest BCUT2D eigenvalue weighted by molar-refractivity contribution is 0.0342. The molecular formula is C21H26N2O3. The summed E-state index contributed by atoms with van der Waals surface area (Å²) in [4.78, 5) is 16.8. The summed E-state index contributed by atoms with van der Waals surface area (Å²) in [6.07, 6.45) is 0. The Morgan fingerprint density at radius 1 is 1.12 bits per heavy atom. The molecule has 0 radical (unpaired) electrons. The second-order valence-electron chi connectivity index (χ2n) is 6.56. The molecule has 1 aliphatic heterocycles. The lowest BCUT2D eigenvalue weighted by Gasteiger charge is -2.26. The maximum absolute atomic E-state index is 12.7. The van der Waals surface area contributed by atoms with Gasteiger partial charge in [0.25, 0.3) is 5.91 Å². The van der Waals surface area contributed by atoms with E-state index in [2.05, 4.69) is 4.90 Å². The second-order valence-corrected chi connectivity index (χ2v) is 6.56. The maximum Gasteiger partial charge on any atom is 0.253 e. The van der Waals surface area contributed by atoms with Crippen LogP contribution in [0, 0.1) is 0 Å². The first kappa shape index (κ1) is 18.4. The summed E-state index contributed by atoms with van der Waals surface area (Å²) in [7, 11) is 3.46. The number of amides is 1. The number of nitrogens with zero attached hydrogens (tertiary/aromatic N) is 2. The van der Waals surface area contributed by atoms with Crippen molar-refractivity contribution in [2.24, 2.45) is 0 Å². The Morgan fingerprint density at radius 2 is 1.81 bits per heavy atom. The number of methoxy groups -OCH3 is 1. The topological polar surface area (TPSA) is 42.0 Å². The molecule has 1 aliphatic rings. The lowest BCUT2D eigenvalue weighted by atomic mass is 10.1. The molecule has 1 amide bonds. The number of benzene rings is 2. The highest BCUT2D eigenvalue weighted by atomic mass is 16.5. The van der Waals surface area contributed by atoms with Gasteiger partial charge in [0, 0.05) is 44.4 Å². The van der Waals surface area contributed by atoms with E-state index in [-0.39, 0.29) is 5.91 Å². The molecule has 1 heterocycles. The number of rotatable bonds is 6. The second kappa shape index (κ2) is 8.83. The highest BCUT2D eigenvalue weighted by Gasteiger charge is 2.15. The van der Waals surface area contributed by atoms with Crippen LogP contribution in [-0.2, 0) is 17.8 Å². The van der Waals surface area contributed by atoms with Crippen LogP contribution in [-0.4, -0.2) is 56.2 Å². The average molecular weight is 354 g/mol. The Bertz CT molecular complexity index is 724. The Hall–Kier alpha value is -2.37. The molecule has 5 heteroatoms. The van der Waals surface area contributed by atoms with Crippen molar-refractivity contribution >= 4 is 5.91 Å². The van der Waals surface area contributed by atoms with E-state index >= 15 is 0 Å². The number of carbonyl (C=O) groups is 1. The van der Waals surface area contributed by atoms with E-state index in [4.69, 9.17) is 9.47 Å². The first-order valence-electron chi connectivity index (χ1n) is 8.94. The minimum atomic E-state index is 0.00817. The van der Waals surface area contributed by atoms with Crippen molar-refractivity contribution in [3.05, 3.63) is 65.2 Å². The molecule has 1 fully saturated rings. The van der Waals surface area contributed by atoms with Gasteiger partial charge in [0.1, 0.15) is 5.75 Å². The summed E-state index contributed by atoms with van der Waals surface area (Å²) in [6.45, 7) is 4.92. The van der Waals surface area contributed by atoms with Gasteiger partial charge in [0.2, 0.25) is 0 Å². The Kier molecular flexibility index (Phi) is 6.26. The van der Waals surface area contributed by atoms with Gasteiger partial charge in [0.15, 0.2) is 0 Å². The molecule has 0 aromatic heterocycles. The third kappa shape index (κ3) is 4.62. The van der Waals surface area contributed by atoms with Gasteiger partial charge in [-0.1, -0.05) is 30.3 Å². The van der Waals surface area contributed by atoms with E-state index in [1.807, 2.05) is 55.6 Å². The predicted molar refractivity (Wildman–Crippen MR) is 101 cm³/mol. The van der Waals surface area contributed by atoms with Gasteiger partial charge >= 0.3 is 0 Å². The molecule has 0 saturated carbocycles. The zero-order chi connectivity index (χ0) is 18.4. The van der Waals surface area contributed by atoms with Crippen molar-refractivity contribution in [1.82, 2.24) is 9.80 Å². The Morgan fingerprint density at radius 3 is 2.50 bits per heavy atom. The highest BCUT2D eigenvalue weighted by molar-refractivity contribution is 5.94. The molecule has 3 rings (SSSR count). The van der Waals surface area contributed by atoms with E-state index in [0.717, 1.165) is 44.2 Å². The SMILES string of the molecule is COc1ccccc1CN(C)C(=O)c1ccc(CN2CCOCC2)cc1. The normalized spacial score (nSPS) is 14.8. The van der Waals surface area contributed by atoms with E-state index in [1.54, 1.807) is 12.0 Å². The van der Waals surface area contributed by atoms with Crippen LogP contribution in [0.4, 0.5) is 0 Å². The summed E-state index contributed by atoms with van der Waals surface area (Å²) in [5.74, 6) is 0.807. The fraction of sp³-hybridized carbons (Fsp3) is 0.381. The van der Waals surface area contributed by atoms with Gasteiger partial charge in [0.05, 0.1) is 20.3 Å². The van der Waals surface area contributed by atoms with Crippen LogP contribution in [0.1, 0.15) is 21.5 Å². The standard InChI is InChI=1S/C21H26N2O3/c1-22(16-19-5-3-4-6-20(19)25-2)21(24)18-9-7-17(8-10-18)15-23-11-13-26-14-12-23/h3-10H,11-16H2,1-2H3. The van der Waals surface area contributed by atoms with Crippen molar-refractivity contribution in [3.8, 4) is 5.75 Å². The van der Waals surface area contributed by atoms with Gasteiger partial charge < -0.3 is 14.4 Å². The Labute approximate surface area is 155 Å². The largest absolute Gasteiger partial charge is 0.496 e. The molecule has 1 saturated heterocycles. The van der Waals surface area contributed by atoms with E-state index in [1.165, 1.54) is 5.56 Å². The van der Waals surface area contributed by atoms with Crippen LogP contribution in [0.15, 0.2) is 48.5 Å². The summed E-state index contributed by atoms with van der Waals surface area (Å²) in [5.41, 5.74) is 2.92. The smallest absolute Gasteiger partial charge is 0.253 e. The van der Waals surface area contributed by atoms with Crippen molar-refractivity contribution < 1.29 is 14.3 Å². The van der Waals surface area contributed by atoms with Crippen molar-refractivity contribution in [1.29, 1.82) is 0 Å². The van der Waals surface area contributed by atoms with Crippen LogP contribution in [0.25, 0.3) is 0 Å². The maximum atomic E-state index is 12.7. The van der Waals surface area contributed by atoms with Crippen molar-refractivity contribution in [3.63, 3.8) is 0 Å². The van der Waals surface area contributed by atoms with Gasteiger partial charge in [-0.15, -0.1) is 0 Å². The predicted octanol–water partition coefficient (Wildman–Crippen LogP) is 2.80. The van der Waals surface area contributed by atoms with E-state index < -0.39 is 0 Å². The minimum Gasteiger partial charge on any atom is -0.496 e. The van der Waals surface area contributed by atoms with Gasteiger partial charge in [-0.05, 0) is 23.8 Å². The van der Waals surface area contributed by atoms with Crippen molar-refractivity contribution in [2.75, 3.05) is 40.5 Å². The zero-order valence-corrected chi connectivity index (χ0v) is 15.5. The first-order valence-corrected chi connectivity index (χ1v) is 8.94. The fourth-order valence-electron chi connectivity index (χ4n) is 3.15. The third-order valence-corrected chi connectivity index (χ3v) is 4.66. The fourth-order valence-corrected chi connectivity index (χ4v) is 3.15. The summed E-state index contributed by atoms with van der Waals surface area (Å²) >= 11 is 0. The third-order valence-electron chi connectivity index (χ3n) is 4.66. The molecule has 0 bridgehead atoms. The number of ether oxygens (including phenoxy) is 2. The molecule has 2 aromatic rings. The molecule has 2 aromatic carbocycles. The van der Waals surface area contributed by atoms with Gasteiger partial charge in [-0.25, -0.2) is 0 Å². The van der Waals surface area contributed by atoms with Crippen LogP contribution in [0.5, 0.6) is 5.75 Å². The number of hydrogen-bond donors (Lipinski definition) is 0. The number of carbonyl (C=O) groups excluding carboxylic acids is 1. The molecule has 5 nitrogen and oxygen atoms in total. The molecule has 0 N–H and O–H groups in total. The molecule has 0 aliphatic carbocycles. The van der Waals surface area contributed by atoms with Gasteiger partial charge in [-0.3, -0.25) is 9.69 Å². The molecule has 138 valence electrons. The van der Waals surface area contributed by atoms with E-state index in [0.29, 0.717) is 12.1 Å². The summed E-state index contributed by atoms with van der Waals surface area (Å²) in [6, 6.07) is 15.7. The van der Waals surface area contributed by atoms with Crippen LogP contribution < -0.4 is 4.74 Å². The minimum absolute atomic E-state index is 0.00817. The average Bonchev–Trinajstić information content (AvgIpc) is 2.69.